The van der Waals surface area contributed by atoms with Gasteiger partial charge in [-0.2, -0.15) is 0 Å². The summed E-state index contributed by atoms with van der Waals surface area (Å²) in [7, 11) is -4.09. The third-order valence-electron chi connectivity index (χ3n) is 2.80. The van der Waals surface area contributed by atoms with Crippen LogP contribution in [0.3, 0.4) is 0 Å². The van der Waals surface area contributed by atoms with E-state index in [0.29, 0.717) is 24.0 Å². The van der Waals surface area contributed by atoms with Crippen LogP contribution in [0.15, 0.2) is 0 Å². The van der Waals surface area contributed by atoms with E-state index in [9.17, 15) is 13.0 Å². The summed E-state index contributed by atoms with van der Waals surface area (Å²) in [5.41, 5.74) is 0. The molecule has 4 nitrogen and oxygen atoms in total. The van der Waals surface area contributed by atoms with Gasteiger partial charge in [-0.05, 0) is 19.8 Å². The maximum absolute atomic E-state index is 10.4. The first-order valence-electron chi connectivity index (χ1n) is 5.11. The van der Waals surface area contributed by atoms with Gasteiger partial charge in [0.25, 0.3) is 0 Å². The fourth-order valence-electron chi connectivity index (χ4n) is 1.61. The van der Waals surface area contributed by atoms with Crippen molar-refractivity contribution in [1.29, 1.82) is 0 Å². The van der Waals surface area contributed by atoms with E-state index in [0.717, 1.165) is 13.1 Å². The van der Waals surface area contributed by atoms with E-state index < -0.39 is 10.1 Å². The minimum Gasteiger partial charge on any atom is -0.748 e. The van der Waals surface area contributed by atoms with Crippen molar-refractivity contribution in [3.05, 3.63) is 0 Å². The van der Waals surface area contributed by atoms with E-state index in [-0.39, 0.29) is 5.75 Å². The highest BCUT2D eigenvalue weighted by Crippen LogP contribution is 2.07. The van der Waals surface area contributed by atoms with Crippen molar-refractivity contribution < 1.29 is 17.5 Å². The molecule has 88 valence electrons. The van der Waals surface area contributed by atoms with Gasteiger partial charge >= 0.3 is 0 Å². The van der Waals surface area contributed by atoms with Crippen LogP contribution in [0.25, 0.3) is 0 Å². The molecule has 0 saturated heterocycles. The van der Waals surface area contributed by atoms with Gasteiger partial charge in [0, 0.05) is 12.2 Å². The fraction of sp³-hybridized carbons (Fsp3) is 0.800. The minimum atomic E-state index is -4.09. The molecule has 0 aromatic carbocycles. The molecular formula is C10H19NO3S. The minimum absolute atomic E-state index is 0.294. The van der Waals surface area contributed by atoms with Gasteiger partial charge in [0.15, 0.2) is 0 Å². The maximum atomic E-state index is 10.4. The van der Waals surface area contributed by atoms with Gasteiger partial charge in [-0.3, -0.25) is 0 Å². The smallest absolute Gasteiger partial charge is 0.140 e. The average Bonchev–Trinajstić information content (AvgIpc) is 2.14. The van der Waals surface area contributed by atoms with Gasteiger partial charge in [-0.15, -0.1) is 6.42 Å². The predicted molar refractivity (Wildman–Crippen MR) is 59.1 cm³/mol. The Kier molecular flexibility index (Phi) is 5.88. The molecule has 0 fully saturated rings. The molecule has 0 saturated carbocycles. The number of hydrogen-bond acceptors (Lipinski definition) is 3. The molecule has 0 aliphatic carbocycles. The average molecular weight is 233 g/mol. The second-order valence-electron chi connectivity index (χ2n) is 3.68. The molecule has 0 aliphatic heterocycles. The number of nitrogens with zero attached hydrogens (tertiary/aromatic N) is 1. The summed E-state index contributed by atoms with van der Waals surface area (Å²) in [5.74, 6) is 2.31. The van der Waals surface area contributed by atoms with Crippen molar-refractivity contribution in [3.8, 4) is 12.3 Å². The first kappa shape index (κ1) is 14.4. The Labute approximate surface area is 92.6 Å². The quantitative estimate of drug-likeness (QED) is 0.363. The summed E-state index contributed by atoms with van der Waals surface area (Å²) < 4.78 is 32.0. The summed E-state index contributed by atoms with van der Waals surface area (Å²) in [6.07, 6.45) is 5.66. The predicted octanol–water partition coefficient (Wildman–Crippen LogP) is 0.411. The van der Waals surface area contributed by atoms with Crippen molar-refractivity contribution in [2.45, 2.75) is 20.3 Å². The molecule has 0 rings (SSSR count). The lowest BCUT2D eigenvalue weighted by Crippen LogP contribution is -2.49. The molecule has 15 heavy (non-hydrogen) atoms. The Morgan fingerprint density at radius 1 is 1.33 bits per heavy atom. The normalized spacial score (nSPS) is 12.4. The first-order chi connectivity index (χ1) is 6.89. The molecule has 0 radical (unpaired) electrons. The summed E-state index contributed by atoms with van der Waals surface area (Å²) in [5, 5.41) is 0. The number of terminal acetylenes is 1. The number of hydrogen-bond donors (Lipinski definition) is 0. The molecule has 0 heterocycles. The van der Waals surface area contributed by atoms with Crippen LogP contribution < -0.4 is 0 Å². The fourth-order valence-corrected chi connectivity index (χ4v) is 2.10. The van der Waals surface area contributed by atoms with Crippen LogP contribution in [0.4, 0.5) is 0 Å². The zero-order chi connectivity index (χ0) is 11.9. The Bertz CT molecular complexity index is 312. The lowest BCUT2D eigenvalue weighted by atomic mass is 10.3. The van der Waals surface area contributed by atoms with Crippen molar-refractivity contribution in [2.75, 3.05) is 31.9 Å². The topological polar surface area (TPSA) is 57.2 Å². The summed E-state index contributed by atoms with van der Waals surface area (Å²) >= 11 is 0. The maximum Gasteiger partial charge on any atom is 0.140 e. The Hall–Kier alpha value is -0.570. The van der Waals surface area contributed by atoms with Crippen LogP contribution in [-0.4, -0.2) is 49.4 Å². The Balaban J connectivity index is 4.25. The van der Waals surface area contributed by atoms with Crippen LogP contribution in [0.5, 0.6) is 0 Å². The summed E-state index contributed by atoms with van der Waals surface area (Å²) in [6.45, 7) is 7.00. The zero-order valence-electron chi connectivity index (χ0n) is 9.40. The number of quaternary nitrogens is 1. The first-order valence-corrected chi connectivity index (χ1v) is 6.69. The van der Waals surface area contributed by atoms with E-state index in [1.54, 1.807) is 0 Å². The highest BCUT2D eigenvalue weighted by molar-refractivity contribution is 7.85. The summed E-state index contributed by atoms with van der Waals surface area (Å²) in [6, 6.07) is 0. The molecule has 0 aromatic heterocycles. The molecule has 0 unspecified atom stereocenters. The lowest BCUT2D eigenvalue weighted by molar-refractivity contribution is -0.918. The van der Waals surface area contributed by atoms with Gasteiger partial charge < -0.3 is 9.04 Å². The highest BCUT2D eigenvalue weighted by Gasteiger charge is 2.21. The molecule has 0 bridgehead atoms. The van der Waals surface area contributed by atoms with Crippen molar-refractivity contribution in [2.24, 2.45) is 0 Å². The van der Waals surface area contributed by atoms with Crippen LogP contribution in [-0.2, 0) is 10.1 Å². The van der Waals surface area contributed by atoms with Crippen LogP contribution >= 0.6 is 0 Å². The molecule has 0 aromatic rings. The monoisotopic (exact) mass is 233 g/mol. The highest BCUT2D eigenvalue weighted by atomic mass is 32.2. The molecule has 0 atom stereocenters. The molecule has 0 aliphatic rings. The second kappa shape index (κ2) is 6.11. The SMILES string of the molecule is C#CC[N+](CC)(CC)CCCS(=O)(=O)[O-]. The Morgan fingerprint density at radius 2 is 1.87 bits per heavy atom. The molecule has 5 heteroatoms. The van der Waals surface area contributed by atoms with Gasteiger partial charge in [0.05, 0.1) is 29.8 Å². The van der Waals surface area contributed by atoms with E-state index in [1.165, 1.54) is 0 Å². The zero-order valence-corrected chi connectivity index (χ0v) is 10.2. The third-order valence-corrected chi connectivity index (χ3v) is 3.58. The van der Waals surface area contributed by atoms with Gasteiger partial charge in [-0.25, -0.2) is 8.42 Å². The lowest BCUT2D eigenvalue weighted by Gasteiger charge is -2.35. The van der Waals surface area contributed by atoms with Gasteiger partial charge in [0.1, 0.15) is 6.54 Å². The van der Waals surface area contributed by atoms with Crippen molar-refractivity contribution in [1.82, 2.24) is 0 Å². The van der Waals surface area contributed by atoms with E-state index in [4.69, 9.17) is 6.42 Å². The molecule has 0 amide bonds. The summed E-state index contributed by atoms with van der Waals surface area (Å²) in [4.78, 5) is 0. The molecule has 0 N–H and O–H groups in total. The van der Waals surface area contributed by atoms with Gasteiger partial charge in [-0.1, -0.05) is 0 Å². The second-order valence-corrected chi connectivity index (χ2v) is 5.20. The van der Waals surface area contributed by atoms with E-state index in [1.807, 2.05) is 13.8 Å². The Morgan fingerprint density at radius 3 is 2.20 bits per heavy atom. The van der Waals surface area contributed by atoms with Crippen LogP contribution in [0.1, 0.15) is 20.3 Å². The van der Waals surface area contributed by atoms with Crippen molar-refractivity contribution >= 4 is 10.1 Å². The molecular weight excluding hydrogens is 214 g/mol. The van der Waals surface area contributed by atoms with Crippen LogP contribution in [0, 0.1) is 12.3 Å². The third kappa shape index (κ3) is 5.78. The largest absolute Gasteiger partial charge is 0.748 e. The van der Waals surface area contributed by atoms with Gasteiger partial charge in [0.2, 0.25) is 0 Å². The number of rotatable bonds is 7. The van der Waals surface area contributed by atoms with E-state index in [2.05, 4.69) is 5.92 Å². The molecule has 0 spiro atoms. The standard InChI is InChI=1S/C10H19NO3S/c1-4-8-11(5-2,6-3)9-7-10-15(12,13)14/h1H,5-10H2,2-3H3. The van der Waals surface area contributed by atoms with Crippen LogP contribution in [0.2, 0.25) is 0 Å². The van der Waals surface area contributed by atoms with Crippen molar-refractivity contribution in [3.63, 3.8) is 0 Å². The van der Waals surface area contributed by atoms with E-state index >= 15 is 0 Å².